The molecular weight excluding hydrogens is 459 g/mol. The molecule has 4 rings (SSSR count). The molecule has 3 aromatic rings. The molecule has 6 heteroatoms. The molecule has 1 aliphatic rings. The molecule has 1 fully saturated rings. The van der Waals surface area contributed by atoms with E-state index in [9.17, 15) is 14.0 Å². The maximum absolute atomic E-state index is 13.7. The smallest absolute Gasteiger partial charge is 0.242 e. The van der Waals surface area contributed by atoms with Crippen LogP contribution in [0.2, 0.25) is 0 Å². The summed E-state index contributed by atoms with van der Waals surface area (Å²) in [7, 11) is 0. The highest BCUT2D eigenvalue weighted by Gasteiger charge is 2.29. The van der Waals surface area contributed by atoms with Gasteiger partial charge < -0.3 is 9.80 Å². The Morgan fingerprint density at radius 2 is 1.57 bits per heavy atom. The number of benzene rings is 2. The van der Waals surface area contributed by atoms with Crippen LogP contribution in [0.25, 0.3) is 0 Å². The van der Waals surface area contributed by atoms with E-state index in [4.69, 9.17) is 0 Å². The Morgan fingerprint density at radius 1 is 0.857 bits per heavy atom. The van der Waals surface area contributed by atoms with Gasteiger partial charge in [-0.3, -0.25) is 9.59 Å². The van der Waals surface area contributed by atoms with Crippen LogP contribution < -0.4 is 0 Å². The largest absolute Gasteiger partial charge is 0.332 e. The van der Waals surface area contributed by atoms with E-state index in [1.165, 1.54) is 23.4 Å². The molecule has 0 saturated heterocycles. The van der Waals surface area contributed by atoms with Crippen molar-refractivity contribution in [1.82, 2.24) is 9.80 Å². The first-order valence-electron chi connectivity index (χ1n) is 12.4. The van der Waals surface area contributed by atoms with Gasteiger partial charge in [0, 0.05) is 22.3 Å². The van der Waals surface area contributed by atoms with E-state index in [1.54, 1.807) is 28.4 Å². The quantitative estimate of drug-likeness (QED) is 0.361. The van der Waals surface area contributed by atoms with Gasteiger partial charge in [-0.25, -0.2) is 4.39 Å². The number of amides is 2. The number of thiophene rings is 1. The number of hydrogen-bond donors (Lipinski definition) is 0. The zero-order valence-corrected chi connectivity index (χ0v) is 21.1. The van der Waals surface area contributed by atoms with Crippen LogP contribution in [0, 0.1) is 12.7 Å². The zero-order valence-electron chi connectivity index (χ0n) is 20.3. The van der Waals surface area contributed by atoms with Crippen molar-refractivity contribution in [2.24, 2.45) is 0 Å². The predicted molar refractivity (Wildman–Crippen MR) is 138 cm³/mol. The highest BCUT2D eigenvalue weighted by Crippen LogP contribution is 2.25. The number of rotatable bonds is 9. The molecule has 2 aromatic carbocycles. The lowest BCUT2D eigenvalue weighted by Crippen LogP contribution is -2.48. The van der Waals surface area contributed by atoms with Crippen molar-refractivity contribution < 1.29 is 14.0 Å². The van der Waals surface area contributed by atoms with Gasteiger partial charge in [0.05, 0.1) is 13.0 Å². The Kier molecular flexibility index (Phi) is 8.69. The van der Waals surface area contributed by atoms with Crippen LogP contribution in [0.5, 0.6) is 0 Å². The van der Waals surface area contributed by atoms with E-state index in [1.807, 2.05) is 48.2 Å². The Labute approximate surface area is 211 Å². The van der Waals surface area contributed by atoms with Gasteiger partial charge in [-0.1, -0.05) is 61.7 Å². The fourth-order valence-electron chi connectivity index (χ4n) is 4.73. The minimum absolute atomic E-state index is 0.00477. The SMILES string of the molecule is Cc1ccc(CN(Cc2ccc(F)cc2)C(=O)CN(C(=O)Cc2ccccc2)C2CCCCC2)s1. The number of carbonyl (C=O) groups excluding carboxylic acids is 2. The highest BCUT2D eigenvalue weighted by molar-refractivity contribution is 7.11. The van der Waals surface area contributed by atoms with Crippen molar-refractivity contribution in [3.8, 4) is 0 Å². The predicted octanol–water partition coefficient (Wildman–Crippen LogP) is 6.13. The second-order valence-electron chi connectivity index (χ2n) is 9.36. The van der Waals surface area contributed by atoms with E-state index in [2.05, 4.69) is 6.07 Å². The summed E-state index contributed by atoms with van der Waals surface area (Å²) in [6.45, 7) is 2.97. The molecule has 2 amide bonds. The van der Waals surface area contributed by atoms with E-state index >= 15 is 0 Å². The molecule has 0 radical (unpaired) electrons. The van der Waals surface area contributed by atoms with Gasteiger partial charge in [-0.2, -0.15) is 0 Å². The van der Waals surface area contributed by atoms with Gasteiger partial charge in [0.2, 0.25) is 11.8 Å². The molecule has 0 N–H and O–H groups in total. The first kappa shape index (κ1) is 25.1. The fourth-order valence-corrected chi connectivity index (χ4v) is 5.64. The van der Waals surface area contributed by atoms with Gasteiger partial charge in [-0.15, -0.1) is 11.3 Å². The van der Waals surface area contributed by atoms with Gasteiger partial charge in [0.1, 0.15) is 12.4 Å². The lowest BCUT2D eigenvalue weighted by atomic mass is 9.93. The molecule has 0 unspecified atom stereocenters. The third-order valence-electron chi connectivity index (χ3n) is 6.62. The van der Waals surface area contributed by atoms with E-state index < -0.39 is 0 Å². The minimum atomic E-state index is -0.296. The molecule has 4 nitrogen and oxygen atoms in total. The summed E-state index contributed by atoms with van der Waals surface area (Å²) >= 11 is 1.67. The fraction of sp³-hybridized carbons (Fsp3) is 0.379. The van der Waals surface area contributed by atoms with Crippen molar-refractivity contribution in [1.29, 1.82) is 0 Å². The molecule has 35 heavy (non-hydrogen) atoms. The number of halogens is 1. The summed E-state index contributed by atoms with van der Waals surface area (Å²) in [6.07, 6.45) is 5.53. The molecule has 0 aliphatic heterocycles. The van der Waals surface area contributed by atoms with Crippen LogP contribution in [-0.2, 0) is 29.1 Å². The van der Waals surface area contributed by atoms with E-state index in [-0.39, 0.29) is 30.2 Å². The number of nitrogens with zero attached hydrogens (tertiary/aromatic N) is 2. The van der Waals surface area contributed by atoms with Gasteiger partial charge in [0.25, 0.3) is 0 Å². The molecule has 1 heterocycles. The number of aryl methyl sites for hydroxylation is 1. The molecule has 0 spiro atoms. The van der Waals surface area contributed by atoms with Crippen molar-refractivity contribution in [3.05, 3.63) is 93.4 Å². The number of carbonyl (C=O) groups is 2. The summed E-state index contributed by atoms with van der Waals surface area (Å²) in [5, 5.41) is 0. The van der Waals surface area contributed by atoms with Crippen LogP contribution in [0.3, 0.4) is 0 Å². The Balaban J connectivity index is 1.54. The maximum atomic E-state index is 13.7. The van der Waals surface area contributed by atoms with Crippen LogP contribution in [0.1, 0.15) is 53.0 Å². The normalized spacial score (nSPS) is 14.0. The first-order valence-corrected chi connectivity index (χ1v) is 13.2. The minimum Gasteiger partial charge on any atom is -0.332 e. The molecule has 1 aliphatic carbocycles. The third kappa shape index (κ3) is 7.25. The Morgan fingerprint density at radius 3 is 2.23 bits per heavy atom. The standard InChI is InChI=1S/C29H33FN2O2S/c1-22-12-17-27(35-22)20-31(19-24-13-15-25(30)16-14-24)29(34)21-32(26-10-6-3-7-11-26)28(33)18-23-8-4-2-5-9-23/h2,4-5,8-9,12-17,26H,3,6-7,10-11,18-21H2,1H3. The van der Waals surface area contributed by atoms with Gasteiger partial charge >= 0.3 is 0 Å². The van der Waals surface area contributed by atoms with Gasteiger partial charge in [0.15, 0.2) is 0 Å². The third-order valence-corrected chi connectivity index (χ3v) is 7.61. The summed E-state index contributed by atoms with van der Waals surface area (Å²) in [5.41, 5.74) is 1.83. The maximum Gasteiger partial charge on any atom is 0.242 e. The first-order chi connectivity index (χ1) is 17.0. The Bertz CT molecular complexity index is 1110. The van der Waals surface area contributed by atoms with Crippen molar-refractivity contribution in [3.63, 3.8) is 0 Å². The van der Waals surface area contributed by atoms with Crippen molar-refractivity contribution >= 4 is 23.2 Å². The van der Waals surface area contributed by atoms with E-state index in [0.717, 1.165) is 41.7 Å². The molecule has 0 bridgehead atoms. The van der Waals surface area contributed by atoms with Crippen molar-refractivity contribution in [2.45, 2.75) is 64.6 Å². The van der Waals surface area contributed by atoms with Crippen LogP contribution in [0.4, 0.5) is 4.39 Å². The number of hydrogen-bond acceptors (Lipinski definition) is 3. The monoisotopic (exact) mass is 492 g/mol. The van der Waals surface area contributed by atoms with E-state index in [0.29, 0.717) is 19.5 Å². The molecule has 0 atom stereocenters. The van der Waals surface area contributed by atoms with Crippen molar-refractivity contribution in [2.75, 3.05) is 6.54 Å². The molecule has 1 saturated carbocycles. The summed E-state index contributed by atoms with van der Waals surface area (Å²) in [4.78, 5) is 33.0. The van der Waals surface area contributed by atoms with Crippen LogP contribution in [0.15, 0.2) is 66.7 Å². The topological polar surface area (TPSA) is 40.6 Å². The average Bonchev–Trinajstić information content (AvgIpc) is 3.29. The molecule has 184 valence electrons. The lowest BCUT2D eigenvalue weighted by molar-refractivity contribution is -0.143. The average molecular weight is 493 g/mol. The zero-order chi connectivity index (χ0) is 24.6. The summed E-state index contributed by atoms with van der Waals surface area (Å²) in [6, 6.07) is 20.2. The van der Waals surface area contributed by atoms with Crippen LogP contribution in [-0.4, -0.2) is 34.2 Å². The molecule has 1 aromatic heterocycles. The highest BCUT2D eigenvalue weighted by atomic mass is 32.1. The Hall–Kier alpha value is -2.99. The van der Waals surface area contributed by atoms with Crippen LogP contribution >= 0.6 is 11.3 Å². The summed E-state index contributed by atoms with van der Waals surface area (Å²) in [5.74, 6) is -0.368. The van der Waals surface area contributed by atoms with Gasteiger partial charge in [-0.05, 0) is 55.2 Å². The molecular formula is C29H33FN2O2S. The lowest BCUT2D eigenvalue weighted by Gasteiger charge is -2.35. The second kappa shape index (κ2) is 12.1. The second-order valence-corrected chi connectivity index (χ2v) is 10.7. The summed E-state index contributed by atoms with van der Waals surface area (Å²) < 4.78 is 13.5.